The van der Waals surface area contributed by atoms with Gasteiger partial charge in [0.2, 0.25) is 15.9 Å². The summed E-state index contributed by atoms with van der Waals surface area (Å²) in [4.78, 5) is 8.77. The van der Waals surface area contributed by atoms with E-state index in [-0.39, 0.29) is 10.9 Å². The minimum absolute atomic E-state index is 0.0990. The van der Waals surface area contributed by atoms with E-state index in [9.17, 15) is 8.42 Å². The maximum Gasteiger partial charge on any atom is 0.240 e. The summed E-state index contributed by atoms with van der Waals surface area (Å²) in [5, 5.41) is 6.32. The van der Waals surface area contributed by atoms with E-state index in [4.69, 9.17) is 4.42 Å². The molecule has 1 aliphatic carbocycles. The molecule has 1 saturated carbocycles. The summed E-state index contributed by atoms with van der Waals surface area (Å²) in [5.74, 6) is 2.02. The highest BCUT2D eigenvalue weighted by molar-refractivity contribution is 7.89. The molecule has 0 saturated heterocycles. The first kappa shape index (κ1) is 19.4. The summed E-state index contributed by atoms with van der Waals surface area (Å²) in [7, 11) is -1.73. The predicted octanol–water partition coefficient (Wildman–Crippen LogP) is 1.60. The molecule has 27 heavy (non-hydrogen) atoms. The number of hydrogen-bond donors (Lipinski definition) is 3. The monoisotopic (exact) mass is 391 g/mol. The Morgan fingerprint density at radius 2 is 1.85 bits per heavy atom. The molecule has 3 rings (SSSR count). The molecule has 0 spiro atoms. The fraction of sp³-hybridized carbons (Fsp3) is 0.444. The lowest BCUT2D eigenvalue weighted by atomic mass is 10.2. The fourth-order valence-corrected chi connectivity index (χ4v) is 3.76. The Bertz CT molecular complexity index is 895. The van der Waals surface area contributed by atoms with Crippen LogP contribution in [0, 0.1) is 13.8 Å². The van der Waals surface area contributed by atoms with Crippen molar-refractivity contribution >= 4 is 16.0 Å². The SMILES string of the molecule is CN=C(NCc1ccc(S(=O)(=O)NC2CC2)cc1)NCc1nc(C)c(C)o1. The third-order valence-corrected chi connectivity index (χ3v) is 5.83. The average Bonchev–Trinajstić information content (AvgIpc) is 3.38. The minimum Gasteiger partial charge on any atom is -0.444 e. The van der Waals surface area contributed by atoms with Gasteiger partial charge in [0.1, 0.15) is 5.76 Å². The van der Waals surface area contributed by atoms with E-state index in [1.807, 2.05) is 13.8 Å². The molecule has 0 amide bonds. The molecule has 1 aromatic carbocycles. The van der Waals surface area contributed by atoms with Crippen LogP contribution in [-0.2, 0) is 23.1 Å². The zero-order valence-corrected chi connectivity index (χ0v) is 16.6. The Hall–Kier alpha value is -2.39. The van der Waals surface area contributed by atoms with Gasteiger partial charge in [-0.3, -0.25) is 4.99 Å². The molecule has 2 aromatic rings. The first-order chi connectivity index (χ1) is 12.9. The van der Waals surface area contributed by atoms with Gasteiger partial charge in [0.25, 0.3) is 0 Å². The molecule has 0 atom stereocenters. The first-order valence-corrected chi connectivity index (χ1v) is 10.3. The summed E-state index contributed by atoms with van der Waals surface area (Å²) in [6.45, 7) is 4.72. The zero-order valence-electron chi connectivity index (χ0n) is 15.7. The molecule has 1 heterocycles. The van der Waals surface area contributed by atoms with Gasteiger partial charge in [-0.2, -0.15) is 0 Å². The van der Waals surface area contributed by atoms with E-state index in [1.165, 1.54) is 0 Å². The van der Waals surface area contributed by atoms with Crippen molar-refractivity contribution < 1.29 is 12.8 Å². The number of hydrogen-bond acceptors (Lipinski definition) is 5. The summed E-state index contributed by atoms with van der Waals surface area (Å²) < 4.78 is 32.6. The summed E-state index contributed by atoms with van der Waals surface area (Å²) in [6.07, 6.45) is 1.83. The number of benzene rings is 1. The van der Waals surface area contributed by atoms with Gasteiger partial charge in [-0.1, -0.05) is 12.1 Å². The van der Waals surface area contributed by atoms with Crippen LogP contribution >= 0.6 is 0 Å². The summed E-state index contributed by atoms with van der Waals surface area (Å²) >= 11 is 0. The van der Waals surface area contributed by atoms with E-state index in [0.717, 1.165) is 29.9 Å². The van der Waals surface area contributed by atoms with E-state index in [1.54, 1.807) is 31.3 Å². The van der Waals surface area contributed by atoms with Gasteiger partial charge in [0.05, 0.1) is 17.1 Å². The molecule has 0 unspecified atom stereocenters. The number of aliphatic imine (C=N–C) groups is 1. The van der Waals surface area contributed by atoms with Crippen LogP contribution in [0.3, 0.4) is 0 Å². The molecule has 3 N–H and O–H groups in total. The number of guanidine groups is 1. The number of sulfonamides is 1. The summed E-state index contributed by atoms with van der Waals surface area (Å²) in [5.41, 5.74) is 1.83. The Kier molecular flexibility index (Phi) is 5.81. The van der Waals surface area contributed by atoms with E-state index >= 15 is 0 Å². The van der Waals surface area contributed by atoms with Crippen LogP contribution in [0.2, 0.25) is 0 Å². The van der Waals surface area contributed by atoms with E-state index < -0.39 is 10.0 Å². The van der Waals surface area contributed by atoms with Crippen LogP contribution < -0.4 is 15.4 Å². The molecule has 0 aliphatic heterocycles. The zero-order chi connectivity index (χ0) is 19.4. The highest BCUT2D eigenvalue weighted by Crippen LogP contribution is 2.22. The molecule has 1 aliphatic rings. The second-order valence-corrected chi connectivity index (χ2v) is 8.28. The smallest absolute Gasteiger partial charge is 0.240 e. The number of aromatic nitrogens is 1. The average molecular weight is 391 g/mol. The lowest BCUT2D eigenvalue weighted by Gasteiger charge is -2.11. The number of nitrogens with one attached hydrogen (secondary N) is 3. The van der Waals surface area contributed by atoms with E-state index in [2.05, 4.69) is 25.3 Å². The molecule has 0 bridgehead atoms. The predicted molar refractivity (Wildman–Crippen MR) is 103 cm³/mol. The Morgan fingerprint density at radius 1 is 1.19 bits per heavy atom. The van der Waals surface area contributed by atoms with Crippen molar-refractivity contribution in [2.45, 2.75) is 50.7 Å². The number of aryl methyl sites for hydroxylation is 2. The normalized spacial score (nSPS) is 15.0. The second kappa shape index (κ2) is 8.10. The highest BCUT2D eigenvalue weighted by atomic mass is 32.2. The second-order valence-electron chi connectivity index (χ2n) is 6.57. The fourth-order valence-electron chi connectivity index (χ4n) is 2.46. The van der Waals surface area contributed by atoms with Crippen molar-refractivity contribution in [3.8, 4) is 0 Å². The lowest BCUT2D eigenvalue weighted by molar-refractivity contribution is 0.463. The molecule has 8 nitrogen and oxygen atoms in total. The topological polar surface area (TPSA) is 109 Å². The van der Waals surface area contributed by atoms with Crippen molar-refractivity contribution in [2.24, 2.45) is 4.99 Å². The van der Waals surface area contributed by atoms with Crippen LogP contribution in [0.5, 0.6) is 0 Å². The largest absolute Gasteiger partial charge is 0.444 e. The van der Waals surface area contributed by atoms with Crippen LogP contribution in [0.15, 0.2) is 38.6 Å². The van der Waals surface area contributed by atoms with Gasteiger partial charge in [-0.15, -0.1) is 0 Å². The summed E-state index contributed by atoms with van der Waals surface area (Å²) in [6, 6.07) is 6.93. The van der Waals surface area contributed by atoms with Gasteiger partial charge in [-0.05, 0) is 44.4 Å². The Balaban J connectivity index is 1.52. The van der Waals surface area contributed by atoms with Crippen LogP contribution in [-0.4, -0.2) is 32.5 Å². The third kappa shape index (κ3) is 5.30. The molecule has 0 radical (unpaired) electrons. The molecule has 1 fully saturated rings. The number of rotatable bonds is 7. The third-order valence-electron chi connectivity index (χ3n) is 4.30. The Morgan fingerprint density at radius 3 is 2.41 bits per heavy atom. The lowest BCUT2D eigenvalue weighted by Crippen LogP contribution is -2.36. The van der Waals surface area contributed by atoms with Crippen LogP contribution in [0.25, 0.3) is 0 Å². The van der Waals surface area contributed by atoms with Gasteiger partial charge in [0.15, 0.2) is 5.96 Å². The van der Waals surface area contributed by atoms with Crippen LogP contribution in [0.1, 0.15) is 35.7 Å². The molecular weight excluding hydrogens is 366 g/mol. The number of oxazole rings is 1. The maximum absolute atomic E-state index is 12.2. The van der Waals surface area contributed by atoms with Crippen LogP contribution in [0.4, 0.5) is 0 Å². The van der Waals surface area contributed by atoms with Gasteiger partial charge >= 0.3 is 0 Å². The first-order valence-electron chi connectivity index (χ1n) is 8.86. The highest BCUT2D eigenvalue weighted by Gasteiger charge is 2.27. The molecular formula is C18H25N5O3S. The van der Waals surface area contributed by atoms with Crippen molar-refractivity contribution in [3.05, 3.63) is 47.2 Å². The van der Waals surface area contributed by atoms with Crippen molar-refractivity contribution in [3.63, 3.8) is 0 Å². The van der Waals surface area contributed by atoms with Crippen molar-refractivity contribution in [2.75, 3.05) is 7.05 Å². The molecule has 9 heteroatoms. The minimum atomic E-state index is -3.41. The van der Waals surface area contributed by atoms with Gasteiger partial charge in [-0.25, -0.2) is 18.1 Å². The Labute approximate surface area is 159 Å². The van der Waals surface area contributed by atoms with E-state index in [0.29, 0.717) is 24.9 Å². The maximum atomic E-state index is 12.2. The van der Waals surface area contributed by atoms with Gasteiger partial charge < -0.3 is 15.1 Å². The standard InChI is InChI=1S/C18H25N5O3S/c1-12-13(2)26-17(22-12)11-21-18(19-3)20-10-14-4-8-16(9-5-14)27(24,25)23-15-6-7-15/h4-5,8-9,15,23H,6-7,10-11H2,1-3H3,(H2,19,20,21). The van der Waals surface area contributed by atoms with Gasteiger partial charge in [0, 0.05) is 19.6 Å². The molecule has 1 aromatic heterocycles. The van der Waals surface area contributed by atoms with Crippen molar-refractivity contribution in [1.82, 2.24) is 20.3 Å². The number of nitrogens with zero attached hydrogens (tertiary/aromatic N) is 2. The quantitative estimate of drug-likeness (QED) is 0.489. The molecule has 146 valence electrons. The van der Waals surface area contributed by atoms with Crippen molar-refractivity contribution in [1.29, 1.82) is 0 Å².